The van der Waals surface area contributed by atoms with E-state index in [1.807, 2.05) is 19.9 Å². The summed E-state index contributed by atoms with van der Waals surface area (Å²) in [6.07, 6.45) is 3.94. The van der Waals surface area contributed by atoms with Gasteiger partial charge in [-0.1, -0.05) is 12.1 Å². The van der Waals surface area contributed by atoms with Crippen molar-refractivity contribution in [2.24, 2.45) is 5.41 Å². The van der Waals surface area contributed by atoms with Crippen LogP contribution in [-0.4, -0.2) is 12.1 Å². The molecule has 1 N–H and O–H groups in total. The van der Waals surface area contributed by atoms with Gasteiger partial charge in [-0.3, -0.25) is 0 Å². The van der Waals surface area contributed by atoms with Gasteiger partial charge in [-0.2, -0.15) is 5.26 Å². The minimum Gasteiger partial charge on any atom is -0.311 e. The largest absolute Gasteiger partial charge is 0.311 e. The lowest BCUT2D eigenvalue weighted by Gasteiger charge is -2.21. The predicted octanol–water partition coefficient (Wildman–Crippen LogP) is 3.43. The van der Waals surface area contributed by atoms with Crippen LogP contribution in [0.5, 0.6) is 0 Å². The smallest absolute Gasteiger partial charge is 0.123 e. The molecule has 1 aromatic carbocycles. The molecule has 2 nitrogen and oxygen atoms in total. The summed E-state index contributed by atoms with van der Waals surface area (Å²) < 4.78 is 13.1. The molecule has 1 heterocycles. The van der Waals surface area contributed by atoms with Crippen molar-refractivity contribution >= 4 is 0 Å². The molecular weight excluding hydrogens is 239 g/mol. The van der Waals surface area contributed by atoms with Crippen molar-refractivity contribution in [1.29, 1.82) is 5.26 Å². The molecule has 3 heteroatoms. The number of nitrogens with zero attached hydrogens (tertiary/aromatic N) is 1. The summed E-state index contributed by atoms with van der Waals surface area (Å²) in [6, 6.07) is 9.98. The molecule has 1 aromatic rings. The van der Waals surface area contributed by atoms with Crippen LogP contribution in [0.25, 0.3) is 0 Å². The Bertz CT molecular complexity index is 476. The fourth-order valence-corrected chi connectivity index (χ4v) is 2.83. The summed E-state index contributed by atoms with van der Waals surface area (Å²) >= 11 is 0. The molecule has 2 unspecified atom stereocenters. The fourth-order valence-electron chi connectivity index (χ4n) is 2.83. The Hall–Kier alpha value is -1.40. The number of benzene rings is 1. The maximum Gasteiger partial charge on any atom is 0.123 e. The van der Waals surface area contributed by atoms with Gasteiger partial charge in [0, 0.05) is 12.1 Å². The first-order valence-electron chi connectivity index (χ1n) is 6.90. The topological polar surface area (TPSA) is 35.8 Å². The number of nitriles is 1. The van der Waals surface area contributed by atoms with E-state index in [9.17, 15) is 4.39 Å². The Balaban J connectivity index is 1.87. The van der Waals surface area contributed by atoms with Crippen LogP contribution in [-0.2, 0) is 6.42 Å². The molecule has 0 spiro atoms. The van der Waals surface area contributed by atoms with E-state index in [0.717, 1.165) is 31.2 Å². The summed E-state index contributed by atoms with van der Waals surface area (Å²) in [6.45, 7) is 3.96. The van der Waals surface area contributed by atoms with E-state index in [0.29, 0.717) is 12.1 Å². The van der Waals surface area contributed by atoms with E-state index in [2.05, 4.69) is 11.4 Å². The highest BCUT2D eigenvalue weighted by atomic mass is 19.1. The van der Waals surface area contributed by atoms with Crippen LogP contribution in [0.2, 0.25) is 0 Å². The summed E-state index contributed by atoms with van der Waals surface area (Å²) in [5, 5.41) is 12.6. The second-order valence-corrected chi connectivity index (χ2v) is 6.17. The summed E-state index contributed by atoms with van der Waals surface area (Å²) in [7, 11) is 0. The number of hydrogen-bond acceptors (Lipinski definition) is 2. The van der Waals surface area contributed by atoms with Gasteiger partial charge in [0.05, 0.1) is 11.5 Å². The van der Waals surface area contributed by atoms with Gasteiger partial charge < -0.3 is 5.32 Å². The minimum atomic E-state index is -0.272. The van der Waals surface area contributed by atoms with Gasteiger partial charge in [0.15, 0.2) is 0 Å². The Labute approximate surface area is 114 Å². The Kier molecular flexibility index (Phi) is 4.21. The second kappa shape index (κ2) is 5.71. The maximum atomic E-state index is 13.1. The van der Waals surface area contributed by atoms with Crippen molar-refractivity contribution < 1.29 is 4.39 Å². The van der Waals surface area contributed by atoms with Crippen LogP contribution in [0.1, 0.15) is 38.7 Å². The molecule has 0 bridgehead atoms. The number of rotatable bonds is 4. The van der Waals surface area contributed by atoms with Crippen molar-refractivity contribution in [1.82, 2.24) is 5.32 Å². The average Bonchev–Trinajstić information content (AvgIpc) is 2.76. The standard InChI is InChI=1S/C16H21FN2/c1-16(2,11-18)10-15-7-6-14(19-15)9-12-4-3-5-13(17)8-12/h3-5,8,14-15,19H,6-7,9-10H2,1-2H3. The summed E-state index contributed by atoms with van der Waals surface area (Å²) in [4.78, 5) is 0. The first kappa shape index (κ1) is 14.0. The fraction of sp³-hybridized carbons (Fsp3) is 0.562. The zero-order chi connectivity index (χ0) is 13.9. The van der Waals surface area contributed by atoms with Crippen LogP contribution >= 0.6 is 0 Å². The van der Waals surface area contributed by atoms with Crippen molar-refractivity contribution in [2.75, 3.05) is 0 Å². The quantitative estimate of drug-likeness (QED) is 0.900. The minimum absolute atomic E-state index is 0.169. The predicted molar refractivity (Wildman–Crippen MR) is 74.1 cm³/mol. The van der Waals surface area contributed by atoms with E-state index >= 15 is 0 Å². The molecular formula is C16H21FN2. The molecule has 1 aliphatic rings. The van der Waals surface area contributed by atoms with Crippen molar-refractivity contribution in [3.63, 3.8) is 0 Å². The maximum absolute atomic E-state index is 13.1. The van der Waals surface area contributed by atoms with Crippen LogP contribution in [0.4, 0.5) is 4.39 Å². The molecule has 2 atom stereocenters. The molecule has 0 aliphatic carbocycles. The Morgan fingerprint density at radius 3 is 2.79 bits per heavy atom. The summed E-state index contributed by atoms with van der Waals surface area (Å²) in [5.41, 5.74) is 0.767. The molecule has 0 saturated carbocycles. The number of nitrogens with one attached hydrogen (secondary N) is 1. The molecule has 0 radical (unpaired) electrons. The molecule has 1 aliphatic heterocycles. The molecule has 19 heavy (non-hydrogen) atoms. The van der Waals surface area contributed by atoms with E-state index in [1.165, 1.54) is 6.07 Å². The van der Waals surface area contributed by atoms with Crippen LogP contribution in [0.15, 0.2) is 24.3 Å². The third-order valence-corrected chi connectivity index (χ3v) is 3.77. The van der Waals surface area contributed by atoms with Crippen molar-refractivity contribution in [2.45, 2.75) is 51.6 Å². The third kappa shape index (κ3) is 4.04. The van der Waals surface area contributed by atoms with Crippen LogP contribution in [0.3, 0.4) is 0 Å². The highest BCUT2D eigenvalue weighted by Gasteiger charge is 2.29. The SMILES string of the molecule is CC(C)(C#N)CC1CCC(Cc2cccc(F)c2)N1. The van der Waals surface area contributed by atoms with Crippen LogP contribution < -0.4 is 5.32 Å². The first-order chi connectivity index (χ1) is 8.98. The molecule has 0 amide bonds. The molecule has 2 rings (SSSR count). The van der Waals surface area contributed by atoms with E-state index in [4.69, 9.17) is 5.26 Å². The van der Waals surface area contributed by atoms with Gasteiger partial charge in [-0.15, -0.1) is 0 Å². The van der Waals surface area contributed by atoms with Gasteiger partial charge in [-0.25, -0.2) is 4.39 Å². The lowest BCUT2D eigenvalue weighted by molar-refractivity contribution is 0.370. The molecule has 1 saturated heterocycles. The van der Waals surface area contributed by atoms with Gasteiger partial charge in [0.2, 0.25) is 0 Å². The monoisotopic (exact) mass is 260 g/mol. The normalized spacial score (nSPS) is 23.3. The lowest BCUT2D eigenvalue weighted by Crippen LogP contribution is -2.33. The Morgan fingerprint density at radius 1 is 1.37 bits per heavy atom. The first-order valence-corrected chi connectivity index (χ1v) is 6.90. The number of halogens is 1. The van der Waals surface area contributed by atoms with Gasteiger partial charge >= 0.3 is 0 Å². The Morgan fingerprint density at radius 2 is 2.11 bits per heavy atom. The molecule has 102 valence electrons. The van der Waals surface area contributed by atoms with Crippen molar-refractivity contribution in [3.05, 3.63) is 35.6 Å². The van der Waals surface area contributed by atoms with E-state index in [-0.39, 0.29) is 11.2 Å². The highest BCUT2D eigenvalue weighted by molar-refractivity contribution is 5.18. The van der Waals surface area contributed by atoms with Gasteiger partial charge in [0.1, 0.15) is 5.82 Å². The highest BCUT2D eigenvalue weighted by Crippen LogP contribution is 2.27. The number of hydrogen-bond donors (Lipinski definition) is 1. The third-order valence-electron chi connectivity index (χ3n) is 3.77. The average molecular weight is 260 g/mol. The van der Waals surface area contributed by atoms with E-state index in [1.54, 1.807) is 12.1 Å². The van der Waals surface area contributed by atoms with Crippen molar-refractivity contribution in [3.8, 4) is 6.07 Å². The van der Waals surface area contributed by atoms with Gasteiger partial charge in [0.25, 0.3) is 0 Å². The zero-order valence-electron chi connectivity index (χ0n) is 11.6. The molecule has 0 aromatic heterocycles. The van der Waals surface area contributed by atoms with Crippen LogP contribution in [0, 0.1) is 22.6 Å². The molecule has 1 fully saturated rings. The van der Waals surface area contributed by atoms with E-state index < -0.39 is 0 Å². The van der Waals surface area contributed by atoms with Gasteiger partial charge in [-0.05, 0) is 57.2 Å². The second-order valence-electron chi connectivity index (χ2n) is 6.17. The zero-order valence-corrected chi connectivity index (χ0v) is 11.6. The lowest BCUT2D eigenvalue weighted by atomic mass is 9.87. The summed E-state index contributed by atoms with van der Waals surface area (Å²) in [5.74, 6) is -0.169.